The van der Waals surface area contributed by atoms with E-state index in [-0.39, 0.29) is 5.11 Å². The second-order valence-corrected chi connectivity index (χ2v) is 6.71. The van der Waals surface area contributed by atoms with E-state index >= 15 is 0 Å². The number of aromatic nitrogens is 1. The molecule has 23 heavy (non-hydrogen) atoms. The van der Waals surface area contributed by atoms with Crippen molar-refractivity contribution in [1.29, 1.82) is 0 Å². The first-order chi connectivity index (χ1) is 10.9. The molecule has 0 bridgehead atoms. The molecular weight excluding hydrogens is 310 g/mol. The minimum atomic E-state index is -0.568. The Labute approximate surface area is 142 Å². The van der Waals surface area contributed by atoms with Crippen LogP contribution in [-0.2, 0) is 4.74 Å². The maximum absolute atomic E-state index is 11.4. The van der Waals surface area contributed by atoms with Crippen molar-refractivity contribution in [2.45, 2.75) is 40.0 Å². The summed E-state index contributed by atoms with van der Waals surface area (Å²) in [7, 11) is 0. The van der Waals surface area contributed by atoms with Crippen molar-refractivity contribution in [2.75, 3.05) is 11.9 Å². The second kappa shape index (κ2) is 7.55. The van der Waals surface area contributed by atoms with E-state index in [0.29, 0.717) is 17.8 Å². The predicted octanol–water partition coefficient (Wildman–Crippen LogP) is 4.12. The molecule has 0 saturated heterocycles. The number of nitrogens with zero attached hydrogens (tertiary/aromatic N) is 1. The van der Waals surface area contributed by atoms with Gasteiger partial charge in [0, 0.05) is 11.8 Å². The van der Waals surface area contributed by atoms with E-state index in [1.54, 1.807) is 13.1 Å². The van der Waals surface area contributed by atoms with E-state index in [1.807, 2.05) is 12.1 Å². The smallest absolute Gasteiger partial charge is 0.413 e. The van der Waals surface area contributed by atoms with Crippen LogP contribution < -0.4 is 10.6 Å². The fourth-order valence-corrected chi connectivity index (χ4v) is 2.66. The largest absolute Gasteiger partial charge is 0.450 e. The van der Waals surface area contributed by atoms with Crippen molar-refractivity contribution in [3.63, 3.8) is 0 Å². The molecule has 1 aliphatic rings. The summed E-state index contributed by atoms with van der Waals surface area (Å²) in [6.07, 6.45) is 6.59. The van der Waals surface area contributed by atoms with Crippen LogP contribution in [0.4, 0.5) is 10.6 Å². The highest BCUT2D eigenvalue weighted by Gasteiger charge is 2.23. The monoisotopic (exact) mass is 333 g/mol. The van der Waals surface area contributed by atoms with E-state index in [0.717, 1.165) is 24.8 Å². The Kier molecular flexibility index (Phi) is 5.71. The fourth-order valence-electron chi connectivity index (χ4n) is 2.48. The molecule has 2 rings (SSSR count). The highest BCUT2D eigenvalue weighted by atomic mass is 32.1. The summed E-state index contributed by atoms with van der Waals surface area (Å²) in [6.45, 7) is 6.60. The first-order valence-electron chi connectivity index (χ1n) is 7.80. The van der Waals surface area contributed by atoms with Crippen LogP contribution in [0, 0.1) is 5.41 Å². The molecule has 0 aliphatic heterocycles. The first kappa shape index (κ1) is 17.4. The van der Waals surface area contributed by atoms with Crippen LogP contribution in [0.25, 0.3) is 5.57 Å². The molecule has 0 saturated carbocycles. The van der Waals surface area contributed by atoms with Crippen LogP contribution in [0.2, 0.25) is 0 Å². The van der Waals surface area contributed by atoms with Crippen LogP contribution in [0.15, 0.2) is 24.4 Å². The molecule has 1 aromatic heterocycles. The second-order valence-electron chi connectivity index (χ2n) is 6.30. The van der Waals surface area contributed by atoms with Crippen LogP contribution in [0.5, 0.6) is 0 Å². The van der Waals surface area contributed by atoms with Gasteiger partial charge in [-0.1, -0.05) is 19.9 Å². The maximum atomic E-state index is 11.4. The van der Waals surface area contributed by atoms with Crippen molar-refractivity contribution in [3.05, 3.63) is 30.0 Å². The number of allylic oxidation sites excluding steroid dienone is 2. The number of hydrogen-bond acceptors (Lipinski definition) is 4. The SMILES string of the molecule is CCOC(=O)NC(=S)Nc1ncccc1C1=CCC(C)(C)CC1. The zero-order valence-corrected chi connectivity index (χ0v) is 14.6. The molecule has 0 spiro atoms. The Hall–Kier alpha value is -1.95. The Bertz CT molecular complexity index is 626. The average molecular weight is 333 g/mol. The maximum Gasteiger partial charge on any atom is 0.413 e. The third-order valence-corrected chi connectivity index (χ3v) is 4.05. The van der Waals surface area contributed by atoms with Gasteiger partial charge in [0.25, 0.3) is 0 Å². The number of rotatable bonds is 3. The summed E-state index contributed by atoms with van der Waals surface area (Å²) in [5.41, 5.74) is 2.63. The summed E-state index contributed by atoms with van der Waals surface area (Å²) >= 11 is 5.14. The fraction of sp³-hybridized carbons (Fsp3) is 0.471. The van der Waals surface area contributed by atoms with Gasteiger partial charge in [0.05, 0.1) is 6.61 Å². The number of carbonyl (C=O) groups excluding carboxylic acids is 1. The lowest BCUT2D eigenvalue weighted by molar-refractivity contribution is 0.158. The van der Waals surface area contributed by atoms with Gasteiger partial charge in [-0.25, -0.2) is 9.78 Å². The van der Waals surface area contributed by atoms with Crippen molar-refractivity contribution in [3.8, 4) is 0 Å². The molecule has 1 aromatic rings. The number of anilines is 1. The minimum Gasteiger partial charge on any atom is -0.450 e. The first-order valence-corrected chi connectivity index (χ1v) is 8.21. The quantitative estimate of drug-likeness (QED) is 0.815. The van der Waals surface area contributed by atoms with Gasteiger partial charge in [-0.2, -0.15) is 0 Å². The predicted molar refractivity (Wildman–Crippen MR) is 96.2 cm³/mol. The van der Waals surface area contributed by atoms with E-state index in [1.165, 1.54) is 5.57 Å². The topological polar surface area (TPSA) is 63.2 Å². The highest BCUT2D eigenvalue weighted by Crippen LogP contribution is 2.39. The Morgan fingerprint density at radius 1 is 1.48 bits per heavy atom. The van der Waals surface area contributed by atoms with E-state index in [2.05, 4.69) is 35.5 Å². The number of hydrogen-bond donors (Lipinski definition) is 2. The molecular formula is C17H23N3O2S. The average Bonchev–Trinajstić information content (AvgIpc) is 2.48. The minimum absolute atomic E-state index is 0.181. The van der Waals surface area contributed by atoms with E-state index < -0.39 is 6.09 Å². The molecule has 0 aromatic carbocycles. The van der Waals surface area contributed by atoms with Crippen LogP contribution in [0.1, 0.15) is 45.6 Å². The van der Waals surface area contributed by atoms with Gasteiger partial charge in [-0.05, 0) is 61.5 Å². The summed E-state index contributed by atoms with van der Waals surface area (Å²) in [5.74, 6) is 0.653. The normalized spacial score (nSPS) is 16.2. The Balaban J connectivity index is 2.11. The zero-order valence-electron chi connectivity index (χ0n) is 13.8. The number of carbonyl (C=O) groups is 1. The third kappa shape index (κ3) is 5.03. The molecule has 1 heterocycles. The Morgan fingerprint density at radius 3 is 2.91 bits per heavy atom. The molecule has 0 fully saturated rings. The standard InChI is InChI=1S/C17H23N3O2S/c1-4-22-16(21)20-15(23)19-14-13(6-5-11-18-14)12-7-9-17(2,3)10-8-12/h5-7,11H,4,8-10H2,1-3H3,(H2,18,19,20,21,23). The lowest BCUT2D eigenvalue weighted by Gasteiger charge is -2.29. The van der Waals surface area contributed by atoms with Gasteiger partial charge in [0.2, 0.25) is 0 Å². The summed E-state index contributed by atoms with van der Waals surface area (Å²) in [5, 5.41) is 5.64. The molecule has 124 valence electrons. The molecule has 1 aliphatic carbocycles. The van der Waals surface area contributed by atoms with Gasteiger partial charge < -0.3 is 10.1 Å². The summed E-state index contributed by atoms with van der Waals surface area (Å²) in [4.78, 5) is 15.8. The van der Waals surface area contributed by atoms with Gasteiger partial charge in [-0.15, -0.1) is 0 Å². The van der Waals surface area contributed by atoms with Crippen molar-refractivity contribution < 1.29 is 9.53 Å². The number of amides is 1. The zero-order chi connectivity index (χ0) is 16.9. The highest BCUT2D eigenvalue weighted by molar-refractivity contribution is 7.80. The molecule has 0 radical (unpaired) electrons. The number of thiocarbonyl (C=S) groups is 1. The lowest BCUT2D eigenvalue weighted by atomic mass is 9.77. The van der Waals surface area contributed by atoms with E-state index in [9.17, 15) is 4.79 Å². The van der Waals surface area contributed by atoms with Gasteiger partial charge in [0.1, 0.15) is 5.82 Å². The molecule has 5 nitrogen and oxygen atoms in total. The van der Waals surface area contributed by atoms with Crippen LogP contribution in [0.3, 0.4) is 0 Å². The van der Waals surface area contributed by atoms with Crippen molar-refractivity contribution in [1.82, 2.24) is 10.3 Å². The number of pyridine rings is 1. The van der Waals surface area contributed by atoms with Gasteiger partial charge in [-0.3, -0.25) is 5.32 Å². The summed E-state index contributed by atoms with van der Waals surface area (Å²) < 4.78 is 4.81. The van der Waals surface area contributed by atoms with Gasteiger partial charge >= 0.3 is 6.09 Å². The van der Waals surface area contributed by atoms with Gasteiger partial charge in [0.15, 0.2) is 5.11 Å². The summed E-state index contributed by atoms with van der Waals surface area (Å²) in [6, 6.07) is 3.93. The lowest BCUT2D eigenvalue weighted by Crippen LogP contribution is -2.35. The number of alkyl carbamates (subject to hydrolysis) is 1. The number of ether oxygens (including phenoxy) is 1. The Morgan fingerprint density at radius 2 is 2.26 bits per heavy atom. The molecule has 1 amide bonds. The van der Waals surface area contributed by atoms with Crippen molar-refractivity contribution >= 4 is 34.8 Å². The van der Waals surface area contributed by atoms with Crippen LogP contribution in [-0.4, -0.2) is 22.8 Å². The number of nitrogens with one attached hydrogen (secondary N) is 2. The van der Waals surface area contributed by atoms with E-state index in [4.69, 9.17) is 17.0 Å². The molecule has 2 N–H and O–H groups in total. The molecule has 0 unspecified atom stereocenters. The molecule has 0 atom stereocenters. The molecule has 6 heteroatoms. The van der Waals surface area contributed by atoms with Crippen LogP contribution >= 0.6 is 12.2 Å². The van der Waals surface area contributed by atoms with Crippen molar-refractivity contribution in [2.24, 2.45) is 5.41 Å². The third-order valence-electron chi connectivity index (χ3n) is 3.85.